The average Bonchev–Trinajstić information content (AvgIpc) is 2.38. The number of piperazine rings is 1. The Morgan fingerprint density at radius 1 is 1.33 bits per heavy atom. The number of hydrogen-bond acceptors (Lipinski definition) is 3. The summed E-state index contributed by atoms with van der Waals surface area (Å²) < 4.78 is 13.6. The van der Waals surface area contributed by atoms with Gasteiger partial charge in [0.05, 0.1) is 6.61 Å². The highest BCUT2D eigenvalue weighted by Gasteiger charge is 2.21. The van der Waals surface area contributed by atoms with Gasteiger partial charge in [-0.25, -0.2) is 4.39 Å². The maximum Gasteiger partial charge on any atom is 0.219 e. The van der Waals surface area contributed by atoms with Gasteiger partial charge in [0.15, 0.2) is 0 Å². The predicted octanol–water partition coefficient (Wildman–Crippen LogP) is 0.987. The molecule has 0 aromatic heterocycles. The molecule has 1 heterocycles. The van der Waals surface area contributed by atoms with E-state index in [1.807, 2.05) is 4.90 Å². The van der Waals surface area contributed by atoms with Crippen LogP contribution < -0.4 is 4.90 Å². The van der Waals surface area contributed by atoms with Crippen LogP contribution in [0, 0.1) is 5.82 Å². The zero-order valence-electron chi connectivity index (χ0n) is 10.4. The van der Waals surface area contributed by atoms with E-state index in [2.05, 4.69) is 0 Å². The molecule has 1 aliphatic heterocycles. The Balaban J connectivity index is 2.14. The second kappa shape index (κ2) is 5.35. The van der Waals surface area contributed by atoms with E-state index >= 15 is 0 Å². The van der Waals surface area contributed by atoms with Crippen LogP contribution in [0.15, 0.2) is 18.2 Å². The number of aliphatic hydroxyl groups is 1. The minimum absolute atomic E-state index is 0.0660. The summed E-state index contributed by atoms with van der Waals surface area (Å²) in [4.78, 5) is 15.0. The van der Waals surface area contributed by atoms with Crippen molar-refractivity contribution < 1.29 is 14.3 Å². The van der Waals surface area contributed by atoms with Gasteiger partial charge < -0.3 is 14.9 Å². The van der Waals surface area contributed by atoms with Gasteiger partial charge in [0.25, 0.3) is 0 Å². The molecule has 0 spiro atoms. The van der Waals surface area contributed by atoms with Crippen molar-refractivity contribution >= 4 is 11.6 Å². The fourth-order valence-electron chi connectivity index (χ4n) is 2.26. The second-order valence-electron chi connectivity index (χ2n) is 4.39. The monoisotopic (exact) mass is 252 g/mol. The molecule has 1 aromatic rings. The predicted molar refractivity (Wildman–Crippen MR) is 66.8 cm³/mol. The number of nitrogens with zero attached hydrogens (tertiary/aromatic N) is 2. The molecule has 98 valence electrons. The van der Waals surface area contributed by atoms with Gasteiger partial charge in [-0.1, -0.05) is 6.07 Å². The van der Waals surface area contributed by atoms with Crippen molar-refractivity contribution in [2.45, 2.75) is 13.5 Å². The Hall–Kier alpha value is -1.62. The number of carbonyl (C=O) groups excluding carboxylic acids is 1. The van der Waals surface area contributed by atoms with Gasteiger partial charge in [0.1, 0.15) is 5.82 Å². The maximum absolute atomic E-state index is 13.6. The first-order chi connectivity index (χ1) is 8.63. The number of rotatable bonds is 2. The number of aliphatic hydroxyl groups excluding tert-OH is 1. The van der Waals surface area contributed by atoms with Gasteiger partial charge in [-0.15, -0.1) is 0 Å². The second-order valence-corrected chi connectivity index (χ2v) is 4.39. The van der Waals surface area contributed by atoms with Crippen LogP contribution in [0.1, 0.15) is 12.5 Å². The molecule has 0 aliphatic carbocycles. The topological polar surface area (TPSA) is 43.8 Å². The van der Waals surface area contributed by atoms with Crippen molar-refractivity contribution in [1.29, 1.82) is 0 Å². The van der Waals surface area contributed by atoms with Crippen molar-refractivity contribution in [3.8, 4) is 0 Å². The van der Waals surface area contributed by atoms with Crippen LogP contribution in [0.25, 0.3) is 0 Å². The number of halogens is 1. The average molecular weight is 252 g/mol. The summed E-state index contributed by atoms with van der Waals surface area (Å²) in [6.45, 7) is 3.84. The maximum atomic E-state index is 13.6. The standard InChI is InChI=1S/C13H17FN2O2/c1-10(18)15-5-7-16(8-6-15)13-4-2-3-12(14)11(13)9-17/h2-4,17H,5-9H2,1H3. The van der Waals surface area contributed by atoms with Crippen molar-refractivity contribution in [1.82, 2.24) is 4.90 Å². The molecule has 1 aromatic carbocycles. The third kappa shape index (κ3) is 2.46. The number of hydrogen-bond donors (Lipinski definition) is 1. The first kappa shape index (κ1) is 12.8. The van der Waals surface area contributed by atoms with Crippen LogP contribution >= 0.6 is 0 Å². The zero-order valence-corrected chi connectivity index (χ0v) is 10.4. The van der Waals surface area contributed by atoms with E-state index in [-0.39, 0.29) is 18.3 Å². The molecule has 4 nitrogen and oxygen atoms in total. The number of benzene rings is 1. The summed E-state index contributed by atoms with van der Waals surface area (Å²) in [5.41, 5.74) is 1.05. The lowest BCUT2D eigenvalue weighted by atomic mass is 10.1. The molecule has 1 amide bonds. The molecule has 1 saturated heterocycles. The van der Waals surface area contributed by atoms with Gasteiger partial charge >= 0.3 is 0 Å². The molecule has 1 N–H and O–H groups in total. The first-order valence-electron chi connectivity index (χ1n) is 6.02. The van der Waals surface area contributed by atoms with Crippen LogP contribution in [0.3, 0.4) is 0 Å². The van der Waals surface area contributed by atoms with Crippen LogP contribution in [0.5, 0.6) is 0 Å². The van der Waals surface area contributed by atoms with E-state index in [0.29, 0.717) is 31.7 Å². The van der Waals surface area contributed by atoms with Crippen LogP contribution in [-0.4, -0.2) is 42.1 Å². The highest BCUT2D eigenvalue weighted by atomic mass is 19.1. The van der Waals surface area contributed by atoms with E-state index in [9.17, 15) is 14.3 Å². The van der Waals surface area contributed by atoms with E-state index in [4.69, 9.17) is 0 Å². The zero-order chi connectivity index (χ0) is 13.1. The molecular formula is C13H17FN2O2. The molecule has 0 radical (unpaired) electrons. The summed E-state index contributed by atoms with van der Waals surface area (Å²) in [7, 11) is 0. The lowest BCUT2D eigenvalue weighted by Gasteiger charge is -2.36. The van der Waals surface area contributed by atoms with Crippen molar-refractivity contribution in [3.05, 3.63) is 29.6 Å². The van der Waals surface area contributed by atoms with Gasteiger partial charge in [0.2, 0.25) is 5.91 Å². The Bertz CT molecular complexity index is 443. The van der Waals surface area contributed by atoms with E-state index in [1.165, 1.54) is 6.07 Å². The molecule has 1 fully saturated rings. The Kier molecular flexibility index (Phi) is 3.81. The largest absolute Gasteiger partial charge is 0.391 e. The van der Waals surface area contributed by atoms with Crippen LogP contribution in [-0.2, 0) is 11.4 Å². The van der Waals surface area contributed by atoms with E-state index in [1.54, 1.807) is 24.0 Å². The van der Waals surface area contributed by atoms with Gasteiger partial charge in [-0.3, -0.25) is 4.79 Å². The summed E-state index contributed by atoms with van der Waals surface area (Å²) >= 11 is 0. The van der Waals surface area contributed by atoms with Crippen molar-refractivity contribution in [2.75, 3.05) is 31.1 Å². The minimum Gasteiger partial charge on any atom is -0.391 e. The van der Waals surface area contributed by atoms with Gasteiger partial charge in [0, 0.05) is 44.4 Å². The summed E-state index contributed by atoms with van der Waals surface area (Å²) in [5, 5.41) is 9.24. The molecule has 0 unspecified atom stereocenters. The molecule has 0 atom stereocenters. The van der Waals surface area contributed by atoms with Gasteiger partial charge in [-0.05, 0) is 12.1 Å². The summed E-state index contributed by atoms with van der Waals surface area (Å²) in [6.07, 6.45) is 0. The normalized spacial score (nSPS) is 15.9. The van der Waals surface area contributed by atoms with Crippen molar-refractivity contribution in [3.63, 3.8) is 0 Å². The Labute approximate surface area is 106 Å². The number of amides is 1. The quantitative estimate of drug-likeness (QED) is 0.853. The molecule has 1 aliphatic rings. The first-order valence-corrected chi connectivity index (χ1v) is 6.02. The smallest absolute Gasteiger partial charge is 0.219 e. The molecule has 18 heavy (non-hydrogen) atoms. The minimum atomic E-state index is -0.385. The molecular weight excluding hydrogens is 235 g/mol. The van der Waals surface area contributed by atoms with Crippen molar-refractivity contribution in [2.24, 2.45) is 0 Å². The van der Waals surface area contributed by atoms with E-state index in [0.717, 1.165) is 5.69 Å². The van der Waals surface area contributed by atoms with Gasteiger partial charge in [-0.2, -0.15) is 0 Å². The fourth-order valence-corrected chi connectivity index (χ4v) is 2.26. The summed E-state index contributed by atoms with van der Waals surface area (Å²) in [5.74, 6) is -0.319. The third-order valence-corrected chi connectivity index (χ3v) is 3.32. The van der Waals surface area contributed by atoms with Crippen LogP contribution in [0.2, 0.25) is 0 Å². The highest BCUT2D eigenvalue weighted by Crippen LogP contribution is 2.24. The lowest BCUT2D eigenvalue weighted by molar-refractivity contribution is -0.129. The number of anilines is 1. The molecule has 2 rings (SSSR count). The highest BCUT2D eigenvalue weighted by molar-refractivity contribution is 5.73. The fraction of sp³-hybridized carbons (Fsp3) is 0.462. The van der Waals surface area contributed by atoms with Crippen LogP contribution in [0.4, 0.5) is 10.1 Å². The van der Waals surface area contributed by atoms with E-state index < -0.39 is 0 Å². The number of carbonyl (C=O) groups is 1. The third-order valence-electron chi connectivity index (χ3n) is 3.32. The molecule has 0 bridgehead atoms. The Morgan fingerprint density at radius 3 is 2.56 bits per heavy atom. The summed E-state index contributed by atoms with van der Waals surface area (Å²) in [6, 6.07) is 4.79. The SMILES string of the molecule is CC(=O)N1CCN(c2cccc(F)c2CO)CC1. The lowest BCUT2D eigenvalue weighted by Crippen LogP contribution is -2.48. The molecule has 0 saturated carbocycles. The molecule has 5 heteroatoms. The Morgan fingerprint density at radius 2 is 2.00 bits per heavy atom.